The summed E-state index contributed by atoms with van der Waals surface area (Å²) in [6.07, 6.45) is 0. The molecule has 2 N–H and O–H groups in total. The SMILES string of the molecule is CNC(C)(C)c1nc(C(C)C)c(C)[nH]1. The molecule has 3 nitrogen and oxygen atoms in total. The van der Waals surface area contributed by atoms with Gasteiger partial charge in [0.15, 0.2) is 0 Å². The molecule has 0 amide bonds. The maximum Gasteiger partial charge on any atom is 0.126 e. The number of imidazole rings is 1. The summed E-state index contributed by atoms with van der Waals surface area (Å²) in [6.45, 7) is 10.7. The van der Waals surface area contributed by atoms with Gasteiger partial charge in [-0.15, -0.1) is 0 Å². The van der Waals surface area contributed by atoms with E-state index in [9.17, 15) is 0 Å². The van der Waals surface area contributed by atoms with Crippen molar-refractivity contribution in [2.45, 2.75) is 46.1 Å². The minimum atomic E-state index is -0.0854. The predicted octanol–water partition coefficient (Wildman–Crippen LogP) is 2.30. The minimum absolute atomic E-state index is 0.0854. The zero-order chi connectivity index (χ0) is 10.9. The zero-order valence-corrected chi connectivity index (χ0v) is 10.0. The lowest BCUT2D eigenvalue weighted by atomic mass is 10.1. The Kier molecular flexibility index (Phi) is 3.00. The van der Waals surface area contributed by atoms with Crippen molar-refractivity contribution in [3.05, 3.63) is 17.2 Å². The molecule has 0 aliphatic carbocycles. The Bertz CT molecular complexity index is 310. The molecule has 3 heteroatoms. The summed E-state index contributed by atoms with van der Waals surface area (Å²) in [5, 5.41) is 3.24. The highest BCUT2D eigenvalue weighted by atomic mass is 15.0. The van der Waals surface area contributed by atoms with Crippen LogP contribution in [0.3, 0.4) is 0 Å². The first kappa shape index (κ1) is 11.2. The van der Waals surface area contributed by atoms with Gasteiger partial charge < -0.3 is 10.3 Å². The molecular formula is C11H21N3. The summed E-state index contributed by atoms with van der Waals surface area (Å²) in [5.74, 6) is 1.49. The summed E-state index contributed by atoms with van der Waals surface area (Å²) in [4.78, 5) is 7.98. The molecule has 14 heavy (non-hydrogen) atoms. The van der Waals surface area contributed by atoms with Crippen LogP contribution in [-0.2, 0) is 5.54 Å². The Morgan fingerprint density at radius 1 is 1.36 bits per heavy atom. The molecule has 1 heterocycles. The van der Waals surface area contributed by atoms with Crippen molar-refractivity contribution in [3.63, 3.8) is 0 Å². The topological polar surface area (TPSA) is 40.7 Å². The van der Waals surface area contributed by atoms with Gasteiger partial charge in [-0.25, -0.2) is 4.98 Å². The fourth-order valence-corrected chi connectivity index (χ4v) is 1.45. The fourth-order valence-electron chi connectivity index (χ4n) is 1.45. The van der Waals surface area contributed by atoms with Gasteiger partial charge in [0.2, 0.25) is 0 Å². The summed E-state index contributed by atoms with van der Waals surface area (Å²) >= 11 is 0. The first-order valence-electron chi connectivity index (χ1n) is 5.14. The molecule has 0 saturated carbocycles. The number of hydrogen-bond acceptors (Lipinski definition) is 2. The third-order valence-electron chi connectivity index (χ3n) is 2.69. The van der Waals surface area contributed by atoms with Crippen LogP contribution in [0, 0.1) is 6.92 Å². The third-order valence-corrected chi connectivity index (χ3v) is 2.69. The van der Waals surface area contributed by atoms with E-state index in [4.69, 9.17) is 0 Å². The highest BCUT2D eigenvalue weighted by molar-refractivity contribution is 5.19. The molecular weight excluding hydrogens is 174 g/mol. The summed E-state index contributed by atoms with van der Waals surface area (Å²) < 4.78 is 0. The van der Waals surface area contributed by atoms with E-state index in [1.54, 1.807) is 0 Å². The second-order valence-corrected chi connectivity index (χ2v) is 4.63. The molecule has 80 valence electrons. The van der Waals surface area contributed by atoms with E-state index in [0.717, 1.165) is 5.82 Å². The fraction of sp³-hybridized carbons (Fsp3) is 0.727. The number of nitrogens with one attached hydrogen (secondary N) is 2. The van der Waals surface area contributed by atoms with E-state index in [-0.39, 0.29) is 5.54 Å². The normalized spacial score (nSPS) is 12.5. The van der Waals surface area contributed by atoms with Crippen LogP contribution in [0.5, 0.6) is 0 Å². The quantitative estimate of drug-likeness (QED) is 0.777. The molecule has 0 bridgehead atoms. The first-order valence-corrected chi connectivity index (χ1v) is 5.14. The van der Waals surface area contributed by atoms with Crippen LogP contribution in [0.25, 0.3) is 0 Å². The van der Waals surface area contributed by atoms with E-state index in [1.165, 1.54) is 11.4 Å². The van der Waals surface area contributed by atoms with Crippen LogP contribution >= 0.6 is 0 Å². The molecule has 0 aliphatic rings. The van der Waals surface area contributed by atoms with Crippen LogP contribution in [0.1, 0.15) is 50.8 Å². The lowest BCUT2D eigenvalue weighted by Crippen LogP contribution is -2.34. The molecule has 0 unspecified atom stereocenters. The smallest absolute Gasteiger partial charge is 0.126 e. The predicted molar refractivity (Wildman–Crippen MR) is 59.5 cm³/mol. The number of aryl methyl sites for hydroxylation is 1. The van der Waals surface area contributed by atoms with Crippen molar-refractivity contribution in [2.24, 2.45) is 0 Å². The van der Waals surface area contributed by atoms with E-state index in [2.05, 4.69) is 49.9 Å². The number of rotatable bonds is 3. The lowest BCUT2D eigenvalue weighted by Gasteiger charge is -2.20. The molecule has 0 saturated heterocycles. The highest BCUT2D eigenvalue weighted by Crippen LogP contribution is 2.22. The van der Waals surface area contributed by atoms with Gasteiger partial charge >= 0.3 is 0 Å². The molecule has 0 fully saturated rings. The maximum atomic E-state index is 4.63. The number of aromatic amines is 1. The molecule has 0 aliphatic heterocycles. The van der Waals surface area contributed by atoms with Gasteiger partial charge in [-0.3, -0.25) is 0 Å². The Hall–Kier alpha value is -0.830. The largest absolute Gasteiger partial charge is 0.344 e. The van der Waals surface area contributed by atoms with Gasteiger partial charge in [0.25, 0.3) is 0 Å². The van der Waals surface area contributed by atoms with Crippen LogP contribution in [0.15, 0.2) is 0 Å². The zero-order valence-electron chi connectivity index (χ0n) is 10.0. The second-order valence-electron chi connectivity index (χ2n) is 4.63. The van der Waals surface area contributed by atoms with Crippen LogP contribution in [0.2, 0.25) is 0 Å². The van der Waals surface area contributed by atoms with Crippen LogP contribution < -0.4 is 5.32 Å². The van der Waals surface area contributed by atoms with Crippen molar-refractivity contribution in [1.82, 2.24) is 15.3 Å². The van der Waals surface area contributed by atoms with Crippen molar-refractivity contribution in [2.75, 3.05) is 7.05 Å². The Morgan fingerprint density at radius 3 is 2.29 bits per heavy atom. The Labute approximate surface area is 86.3 Å². The maximum absolute atomic E-state index is 4.63. The average Bonchev–Trinajstić information content (AvgIpc) is 2.48. The van der Waals surface area contributed by atoms with Crippen molar-refractivity contribution in [3.8, 4) is 0 Å². The van der Waals surface area contributed by atoms with E-state index >= 15 is 0 Å². The van der Waals surface area contributed by atoms with E-state index in [0.29, 0.717) is 5.92 Å². The number of aromatic nitrogens is 2. The molecule has 0 spiro atoms. The second kappa shape index (κ2) is 3.73. The first-order chi connectivity index (χ1) is 6.38. The minimum Gasteiger partial charge on any atom is -0.344 e. The molecule has 1 aromatic rings. The Balaban J connectivity index is 3.08. The van der Waals surface area contributed by atoms with Gasteiger partial charge in [-0.1, -0.05) is 13.8 Å². The van der Waals surface area contributed by atoms with E-state index < -0.39 is 0 Å². The number of nitrogens with zero attached hydrogens (tertiary/aromatic N) is 1. The third kappa shape index (κ3) is 1.98. The molecule has 1 rings (SSSR count). The van der Waals surface area contributed by atoms with Crippen molar-refractivity contribution >= 4 is 0 Å². The highest BCUT2D eigenvalue weighted by Gasteiger charge is 2.23. The number of hydrogen-bond donors (Lipinski definition) is 2. The Morgan fingerprint density at radius 2 is 1.93 bits per heavy atom. The molecule has 0 atom stereocenters. The van der Waals surface area contributed by atoms with Gasteiger partial charge in [-0.2, -0.15) is 0 Å². The monoisotopic (exact) mass is 195 g/mol. The molecule has 0 aromatic carbocycles. The summed E-state index contributed by atoms with van der Waals surface area (Å²) in [5.41, 5.74) is 2.26. The summed E-state index contributed by atoms with van der Waals surface area (Å²) in [7, 11) is 1.95. The van der Waals surface area contributed by atoms with Gasteiger partial charge in [0, 0.05) is 5.69 Å². The number of H-pyrrole nitrogens is 1. The lowest BCUT2D eigenvalue weighted by molar-refractivity contribution is 0.419. The standard InChI is InChI=1S/C11H21N3/c1-7(2)9-8(3)13-10(14-9)11(4,5)12-6/h7,12H,1-6H3,(H,13,14). The van der Waals surface area contributed by atoms with Gasteiger partial charge in [0.05, 0.1) is 11.2 Å². The van der Waals surface area contributed by atoms with Crippen LogP contribution in [-0.4, -0.2) is 17.0 Å². The summed E-state index contributed by atoms with van der Waals surface area (Å²) in [6, 6.07) is 0. The van der Waals surface area contributed by atoms with Gasteiger partial charge in [-0.05, 0) is 33.7 Å². The van der Waals surface area contributed by atoms with Crippen molar-refractivity contribution < 1.29 is 0 Å². The molecule has 1 aromatic heterocycles. The van der Waals surface area contributed by atoms with Crippen LogP contribution in [0.4, 0.5) is 0 Å². The van der Waals surface area contributed by atoms with E-state index in [1.807, 2.05) is 7.05 Å². The van der Waals surface area contributed by atoms with Gasteiger partial charge in [0.1, 0.15) is 5.82 Å². The molecule has 0 radical (unpaired) electrons. The van der Waals surface area contributed by atoms with Crippen molar-refractivity contribution in [1.29, 1.82) is 0 Å². The average molecular weight is 195 g/mol.